The van der Waals surface area contributed by atoms with E-state index in [4.69, 9.17) is 5.11 Å². The van der Waals surface area contributed by atoms with Gasteiger partial charge in [0.2, 0.25) is 5.91 Å². The van der Waals surface area contributed by atoms with E-state index in [9.17, 15) is 9.59 Å². The zero-order chi connectivity index (χ0) is 13.4. The third kappa shape index (κ3) is 6.76. The van der Waals surface area contributed by atoms with Crippen LogP contribution in [-0.2, 0) is 9.59 Å². The van der Waals surface area contributed by atoms with E-state index in [2.05, 4.69) is 11.9 Å². The van der Waals surface area contributed by atoms with Crippen LogP contribution in [0.25, 0.3) is 0 Å². The largest absolute Gasteiger partial charge is 0.480 e. The second-order valence-corrected chi connectivity index (χ2v) is 4.60. The summed E-state index contributed by atoms with van der Waals surface area (Å²) in [6.45, 7) is 9.37. The van der Waals surface area contributed by atoms with Gasteiger partial charge in [-0.15, -0.1) is 6.58 Å². The second-order valence-electron chi connectivity index (χ2n) is 4.60. The number of amides is 1. The lowest BCUT2D eigenvalue weighted by molar-refractivity contribution is -0.142. The molecule has 1 amide bonds. The Hall–Kier alpha value is -1.32. The fraction of sp³-hybridized carbons (Fsp3) is 0.692. The Labute approximate surface area is 103 Å². The molecule has 0 aromatic carbocycles. The Balaban J connectivity index is 4.29. The molecule has 0 heterocycles. The van der Waals surface area contributed by atoms with Crippen molar-refractivity contribution in [1.29, 1.82) is 0 Å². The van der Waals surface area contributed by atoms with E-state index in [-0.39, 0.29) is 11.8 Å². The summed E-state index contributed by atoms with van der Waals surface area (Å²) in [7, 11) is 0. The molecule has 0 fully saturated rings. The first-order valence-electron chi connectivity index (χ1n) is 6.06. The topological polar surface area (TPSA) is 66.4 Å². The minimum Gasteiger partial charge on any atom is -0.480 e. The number of nitrogens with one attached hydrogen (secondary N) is 1. The summed E-state index contributed by atoms with van der Waals surface area (Å²) in [5, 5.41) is 11.6. The number of aliphatic carboxylic acids is 1. The quantitative estimate of drug-likeness (QED) is 0.641. The van der Waals surface area contributed by atoms with E-state index in [0.29, 0.717) is 12.8 Å². The molecule has 0 radical (unpaired) electrons. The molecule has 98 valence electrons. The van der Waals surface area contributed by atoms with Crippen molar-refractivity contribution < 1.29 is 14.7 Å². The molecule has 0 saturated heterocycles. The van der Waals surface area contributed by atoms with Crippen molar-refractivity contribution >= 4 is 11.9 Å². The van der Waals surface area contributed by atoms with Crippen molar-refractivity contribution in [3.63, 3.8) is 0 Å². The van der Waals surface area contributed by atoms with Gasteiger partial charge in [-0.05, 0) is 19.8 Å². The van der Waals surface area contributed by atoms with Gasteiger partial charge >= 0.3 is 5.97 Å². The highest BCUT2D eigenvalue weighted by Crippen LogP contribution is 2.10. The van der Waals surface area contributed by atoms with Crippen molar-refractivity contribution in [1.82, 2.24) is 5.32 Å². The molecule has 2 atom stereocenters. The summed E-state index contributed by atoms with van der Waals surface area (Å²) in [6, 6.07) is -0.768. The summed E-state index contributed by atoms with van der Waals surface area (Å²) >= 11 is 0. The molecular weight excluding hydrogens is 218 g/mol. The van der Waals surface area contributed by atoms with Crippen molar-refractivity contribution in [3.05, 3.63) is 12.2 Å². The van der Waals surface area contributed by atoms with Gasteiger partial charge in [0.15, 0.2) is 0 Å². The smallest absolute Gasteiger partial charge is 0.326 e. The maximum Gasteiger partial charge on any atom is 0.326 e. The van der Waals surface area contributed by atoms with Crippen LogP contribution in [0.4, 0.5) is 0 Å². The molecule has 0 rings (SSSR count). The van der Waals surface area contributed by atoms with Gasteiger partial charge in [0.1, 0.15) is 6.04 Å². The zero-order valence-electron chi connectivity index (χ0n) is 11.0. The Morgan fingerprint density at radius 1 is 1.41 bits per heavy atom. The monoisotopic (exact) mass is 241 g/mol. The lowest BCUT2D eigenvalue weighted by Crippen LogP contribution is -2.43. The van der Waals surface area contributed by atoms with Gasteiger partial charge in [-0.25, -0.2) is 4.79 Å². The van der Waals surface area contributed by atoms with Crippen LogP contribution in [0, 0.1) is 5.92 Å². The van der Waals surface area contributed by atoms with E-state index in [0.717, 1.165) is 18.4 Å². The van der Waals surface area contributed by atoms with Crippen LogP contribution in [0.15, 0.2) is 12.2 Å². The zero-order valence-corrected chi connectivity index (χ0v) is 11.0. The molecule has 2 N–H and O–H groups in total. The lowest BCUT2D eigenvalue weighted by atomic mass is 10.0. The third-order valence-corrected chi connectivity index (χ3v) is 2.56. The summed E-state index contributed by atoms with van der Waals surface area (Å²) in [6.07, 6.45) is 2.79. The fourth-order valence-electron chi connectivity index (χ4n) is 1.60. The van der Waals surface area contributed by atoms with Gasteiger partial charge in [-0.2, -0.15) is 0 Å². The molecule has 17 heavy (non-hydrogen) atoms. The number of carboxylic acid groups (broad SMARTS) is 1. The van der Waals surface area contributed by atoms with Crippen LogP contribution in [0.5, 0.6) is 0 Å². The summed E-state index contributed by atoms with van der Waals surface area (Å²) in [5.41, 5.74) is 0.924. The van der Waals surface area contributed by atoms with Crippen LogP contribution in [0.1, 0.15) is 46.5 Å². The SMILES string of the molecule is C=C(C)CC(C)C(=O)N[C@@H](CCCC)C(=O)O. The highest BCUT2D eigenvalue weighted by atomic mass is 16.4. The first kappa shape index (κ1) is 15.7. The number of hydrogen-bond acceptors (Lipinski definition) is 2. The lowest BCUT2D eigenvalue weighted by Gasteiger charge is -2.17. The first-order valence-corrected chi connectivity index (χ1v) is 6.06. The van der Waals surface area contributed by atoms with E-state index in [1.54, 1.807) is 6.92 Å². The van der Waals surface area contributed by atoms with Crippen LogP contribution < -0.4 is 5.32 Å². The Bertz CT molecular complexity index is 286. The molecule has 1 unspecified atom stereocenters. The minimum atomic E-state index is -0.964. The maximum atomic E-state index is 11.7. The molecule has 4 nitrogen and oxygen atoms in total. The number of carbonyl (C=O) groups is 2. The van der Waals surface area contributed by atoms with Crippen molar-refractivity contribution in [2.75, 3.05) is 0 Å². The van der Waals surface area contributed by atoms with Crippen LogP contribution in [-0.4, -0.2) is 23.0 Å². The molecule has 0 aromatic heterocycles. The molecule has 0 aliphatic heterocycles. The molecule has 0 aliphatic carbocycles. The third-order valence-electron chi connectivity index (χ3n) is 2.56. The average molecular weight is 241 g/mol. The first-order chi connectivity index (χ1) is 7.88. The van der Waals surface area contributed by atoms with Gasteiger partial charge in [-0.1, -0.05) is 32.3 Å². The van der Waals surface area contributed by atoms with E-state index < -0.39 is 12.0 Å². The number of carboxylic acids is 1. The highest BCUT2D eigenvalue weighted by molar-refractivity contribution is 5.84. The molecule has 0 spiro atoms. The standard InChI is InChI=1S/C13H23NO3/c1-5-6-7-11(13(16)17)14-12(15)10(4)8-9(2)3/h10-11H,2,5-8H2,1,3-4H3,(H,14,15)(H,16,17)/t10?,11-/m0/s1. The van der Waals surface area contributed by atoms with E-state index in [1.165, 1.54) is 0 Å². The van der Waals surface area contributed by atoms with Crippen molar-refractivity contribution in [3.8, 4) is 0 Å². The van der Waals surface area contributed by atoms with Gasteiger partial charge < -0.3 is 10.4 Å². The number of allylic oxidation sites excluding steroid dienone is 1. The van der Waals surface area contributed by atoms with Gasteiger partial charge in [0, 0.05) is 5.92 Å². The predicted molar refractivity (Wildman–Crippen MR) is 67.7 cm³/mol. The Morgan fingerprint density at radius 3 is 2.41 bits per heavy atom. The molecule has 0 bridgehead atoms. The molecule has 0 saturated carbocycles. The summed E-state index contributed by atoms with van der Waals surface area (Å²) < 4.78 is 0. The molecule has 0 aliphatic rings. The minimum absolute atomic E-state index is 0.212. The average Bonchev–Trinajstić information content (AvgIpc) is 2.22. The van der Waals surface area contributed by atoms with Crippen LogP contribution >= 0.6 is 0 Å². The van der Waals surface area contributed by atoms with Gasteiger partial charge in [0.25, 0.3) is 0 Å². The number of rotatable bonds is 8. The number of hydrogen-bond donors (Lipinski definition) is 2. The summed E-state index contributed by atoms with van der Waals surface area (Å²) in [4.78, 5) is 22.7. The number of unbranched alkanes of at least 4 members (excludes halogenated alkanes) is 1. The Kier molecular flexibility index (Phi) is 7.26. The summed E-state index contributed by atoms with van der Waals surface area (Å²) in [5.74, 6) is -1.40. The van der Waals surface area contributed by atoms with Gasteiger partial charge in [0.05, 0.1) is 0 Å². The fourth-order valence-corrected chi connectivity index (χ4v) is 1.60. The number of carbonyl (C=O) groups excluding carboxylic acids is 1. The Morgan fingerprint density at radius 2 is 2.00 bits per heavy atom. The second kappa shape index (κ2) is 7.87. The van der Waals surface area contributed by atoms with Crippen LogP contribution in [0.3, 0.4) is 0 Å². The van der Waals surface area contributed by atoms with Gasteiger partial charge in [-0.3, -0.25) is 4.79 Å². The molecule has 4 heteroatoms. The van der Waals surface area contributed by atoms with E-state index >= 15 is 0 Å². The van der Waals surface area contributed by atoms with Crippen molar-refractivity contribution in [2.45, 2.75) is 52.5 Å². The predicted octanol–water partition coefficient (Wildman–Crippen LogP) is 2.35. The maximum absolute atomic E-state index is 11.7. The van der Waals surface area contributed by atoms with Crippen molar-refractivity contribution in [2.24, 2.45) is 5.92 Å². The van der Waals surface area contributed by atoms with E-state index in [1.807, 2.05) is 13.8 Å². The molecule has 0 aromatic rings. The molecular formula is C13H23NO3. The van der Waals surface area contributed by atoms with Crippen LogP contribution in [0.2, 0.25) is 0 Å². The highest BCUT2D eigenvalue weighted by Gasteiger charge is 2.22. The normalized spacial score (nSPS) is 13.8.